The van der Waals surface area contributed by atoms with Crippen LogP contribution < -0.4 is 0 Å². The first-order valence-electron chi connectivity index (χ1n) is 8.78. The Bertz CT molecular complexity index is 678. The third-order valence-corrected chi connectivity index (χ3v) is 4.32. The van der Waals surface area contributed by atoms with Gasteiger partial charge >= 0.3 is 12.1 Å². The molecule has 0 bridgehead atoms. The lowest BCUT2D eigenvalue weighted by molar-refractivity contribution is -0.150. The fourth-order valence-electron chi connectivity index (χ4n) is 2.82. The van der Waals surface area contributed by atoms with E-state index in [2.05, 4.69) is 6.07 Å². The van der Waals surface area contributed by atoms with Crippen LogP contribution in [0.25, 0.3) is 0 Å². The van der Waals surface area contributed by atoms with Crippen LogP contribution in [-0.2, 0) is 20.9 Å². The van der Waals surface area contributed by atoms with Gasteiger partial charge in [-0.3, -0.25) is 4.90 Å². The SMILES string of the molecule is CCOC(=O)C(CC1CC1C#N)N(CC(F)F)C(=O)OCc1ccccc1. The van der Waals surface area contributed by atoms with Gasteiger partial charge in [0, 0.05) is 5.92 Å². The second-order valence-corrected chi connectivity index (χ2v) is 6.32. The predicted molar refractivity (Wildman–Crippen MR) is 91.6 cm³/mol. The molecule has 0 N–H and O–H groups in total. The topological polar surface area (TPSA) is 79.6 Å². The summed E-state index contributed by atoms with van der Waals surface area (Å²) in [6.07, 6.45) is -3.17. The van der Waals surface area contributed by atoms with Crippen molar-refractivity contribution in [2.24, 2.45) is 11.8 Å². The normalized spacial score (nSPS) is 19.1. The van der Waals surface area contributed by atoms with Gasteiger partial charge in [0.25, 0.3) is 6.43 Å². The number of amides is 1. The molecule has 8 heteroatoms. The van der Waals surface area contributed by atoms with Gasteiger partial charge in [0.1, 0.15) is 12.6 Å². The van der Waals surface area contributed by atoms with E-state index >= 15 is 0 Å². The molecule has 1 aliphatic carbocycles. The highest BCUT2D eigenvalue weighted by Gasteiger charge is 2.44. The monoisotopic (exact) mass is 380 g/mol. The first-order valence-corrected chi connectivity index (χ1v) is 8.78. The van der Waals surface area contributed by atoms with Crippen LogP contribution in [0.5, 0.6) is 0 Å². The van der Waals surface area contributed by atoms with E-state index in [1.165, 1.54) is 0 Å². The molecule has 6 nitrogen and oxygen atoms in total. The molecule has 27 heavy (non-hydrogen) atoms. The second-order valence-electron chi connectivity index (χ2n) is 6.32. The number of halogens is 2. The largest absolute Gasteiger partial charge is 0.464 e. The molecule has 1 amide bonds. The Morgan fingerprint density at radius 3 is 2.56 bits per heavy atom. The lowest BCUT2D eigenvalue weighted by atomic mass is 10.1. The van der Waals surface area contributed by atoms with Gasteiger partial charge < -0.3 is 9.47 Å². The van der Waals surface area contributed by atoms with Gasteiger partial charge in [-0.15, -0.1) is 0 Å². The van der Waals surface area contributed by atoms with E-state index in [1.807, 2.05) is 0 Å². The highest BCUT2D eigenvalue weighted by Crippen LogP contribution is 2.42. The molecule has 1 aromatic rings. The molecule has 2 rings (SSSR count). The molecule has 0 heterocycles. The highest BCUT2D eigenvalue weighted by atomic mass is 19.3. The van der Waals surface area contributed by atoms with Gasteiger partial charge in [0.15, 0.2) is 0 Å². The number of alkyl halides is 2. The van der Waals surface area contributed by atoms with Gasteiger partial charge in [0.2, 0.25) is 0 Å². The van der Waals surface area contributed by atoms with Gasteiger partial charge in [0.05, 0.1) is 19.2 Å². The Balaban J connectivity index is 2.11. The van der Waals surface area contributed by atoms with E-state index in [-0.39, 0.29) is 31.5 Å². The standard InChI is InChI=1S/C19H22F2N2O4/c1-2-26-18(24)16(9-14-8-15(14)10-22)23(11-17(20)21)19(25)27-12-13-6-4-3-5-7-13/h3-7,14-17H,2,8-9,11-12H2,1H3. The third-order valence-electron chi connectivity index (χ3n) is 4.32. The van der Waals surface area contributed by atoms with Crippen LogP contribution in [0.1, 0.15) is 25.3 Å². The smallest absolute Gasteiger partial charge is 0.411 e. The zero-order valence-electron chi connectivity index (χ0n) is 15.0. The number of rotatable bonds is 9. The lowest BCUT2D eigenvalue weighted by Crippen LogP contribution is -2.48. The van der Waals surface area contributed by atoms with Crippen molar-refractivity contribution in [3.63, 3.8) is 0 Å². The molecule has 1 aromatic carbocycles. The molecule has 0 saturated heterocycles. The molecule has 3 unspecified atom stereocenters. The van der Waals surface area contributed by atoms with E-state index in [1.54, 1.807) is 37.3 Å². The maximum Gasteiger partial charge on any atom is 0.411 e. The number of ether oxygens (including phenoxy) is 2. The molecule has 0 aromatic heterocycles. The zero-order chi connectivity index (χ0) is 19.8. The van der Waals surface area contributed by atoms with Gasteiger partial charge in [-0.2, -0.15) is 5.26 Å². The number of benzene rings is 1. The summed E-state index contributed by atoms with van der Waals surface area (Å²) in [6.45, 7) is 0.610. The van der Waals surface area contributed by atoms with E-state index in [4.69, 9.17) is 14.7 Å². The summed E-state index contributed by atoms with van der Waals surface area (Å²) in [5.41, 5.74) is 0.697. The Labute approximate surface area is 156 Å². The Kier molecular flexibility index (Phi) is 7.53. The van der Waals surface area contributed by atoms with E-state index in [0.717, 1.165) is 4.90 Å². The molecule has 1 saturated carbocycles. The first kappa shape index (κ1) is 20.6. The summed E-state index contributed by atoms with van der Waals surface area (Å²) in [5.74, 6) is -1.11. The zero-order valence-corrected chi connectivity index (χ0v) is 15.0. The molecule has 0 radical (unpaired) electrons. The predicted octanol–water partition coefficient (Wildman–Crippen LogP) is 3.37. The van der Waals surface area contributed by atoms with Crippen LogP contribution in [0.3, 0.4) is 0 Å². The van der Waals surface area contributed by atoms with Crippen LogP contribution >= 0.6 is 0 Å². The molecule has 0 spiro atoms. The van der Waals surface area contributed by atoms with Crippen molar-refractivity contribution in [1.82, 2.24) is 4.90 Å². The maximum absolute atomic E-state index is 13.1. The van der Waals surface area contributed by atoms with Crippen LogP contribution in [0.2, 0.25) is 0 Å². The van der Waals surface area contributed by atoms with Crippen LogP contribution in [0.15, 0.2) is 30.3 Å². The van der Waals surface area contributed by atoms with Crippen molar-refractivity contribution < 1.29 is 27.8 Å². The number of carbonyl (C=O) groups is 2. The maximum atomic E-state index is 13.1. The summed E-state index contributed by atoms with van der Waals surface area (Å²) >= 11 is 0. The quantitative estimate of drug-likeness (QED) is 0.614. The summed E-state index contributed by atoms with van der Waals surface area (Å²) in [5, 5.41) is 8.94. The van der Waals surface area contributed by atoms with Gasteiger partial charge in [-0.05, 0) is 31.2 Å². The molecular weight excluding hydrogens is 358 g/mol. The average Bonchev–Trinajstić information content (AvgIpc) is 3.41. The minimum absolute atomic E-state index is 0.0588. The second kappa shape index (κ2) is 9.86. The minimum Gasteiger partial charge on any atom is -0.464 e. The number of nitrogens with zero attached hydrogens (tertiary/aromatic N) is 2. The van der Waals surface area contributed by atoms with Crippen LogP contribution in [0, 0.1) is 23.2 Å². The van der Waals surface area contributed by atoms with Gasteiger partial charge in [-0.25, -0.2) is 18.4 Å². The van der Waals surface area contributed by atoms with Gasteiger partial charge in [-0.1, -0.05) is 30.3 Å². The fraction of sp³-hybridized carbons (Fsp3) is 0.526. The minimum atomic E-state index is -2.84. The Morgan fingerprint density at radius 2 is 2.00 bits per heavy atom. The fourth-order valence-corrected chi connectivity index (χ4v) is 2.82. The molecule has 3 atom stereocenters. The number of carbonyl (C=O) groups excluding carboxylic acids is 2. The van der Waals surface area contributed by atoms with Crippen LogP contribution in [0.4, 0.5) is 13.6 Å². The summed E-state index contributed by atoms with van der Waals surface area (Å²) < 4.78 is 36.2. The van der Waals surface area contributed by atoms with E-state index in [0.29, 0.717) is 12.0 Å². The van der Waals surface area contributed by atoms with Crippen molar-refractivity contribution in [3.05, 3.63) is 35.9 Å². The van der Waals surface area contributed by atoms with Crippen molar-refractivity contribution in [1.29, 1.82) is 5.26 Å². The highest BCUT2D eigenvalue weighted by molar-refractivity contribution is 5.81. The summed E-state index contributed by atoms with van der Waals surface area (Å²) in [4.78, 5) is 25.5. The molecule has 0 aliphatic heterocycles. The van der Waals surface area contributed by atoms with Crippen molar-refractivity contribution >= 4 is 12.1 Å². The van der Waals surface area contributed by atoms with Crippen molar-refractivity contribution in [2.45, 2.75) is 38.8 Å². The number of hydrogen-bond acceptors (Lipinski definition) is 5. The van der Waals surface area contributed by atoms with Crippen molar-refractivity contribution in [3.8, 4) is 6.07 Å². The number of nitriles is 1. The third kappa shape index (κ3) is 6.20. The van der Waals surface area contributed by atoms with Crippen molar-refractivity contribution in [2.75, 3.05) is 13.2 Å². The van der Waals surface area contributed by atoms with E-state index < -0.39 is 31.1 Å². The molecular formula is C19H22F2N2O4. The van der Waals surface area contributed by atoms with Crippen LogP contribution in [-0.4, -0.2) is 42.6 Å². The summed E-state index contributed by atoms with van der Waals surface area (Å²) in [7, 11) is 0. The molecule has 1 fully saturated rings. The average molecular weight is 380 g/mol. The number of esters is 1. The Morgan fingerprint density at radius 1 is 1.30 bits per heavy atom. The Hall–Kier alpha value is -2.69. The number of hydrogen-bond donors (Lipinski definition) is 0. The molecule has 146 valence electrons. The molecule has 1 aliphatic rings. The first-order chi connectivity index (χ1) is 13.0. The van der Waals surface area contributed by atoms with E-state index in [9.17, 15) is 18.4 Å². The summed E-state index contributed by atoms with van der Waals surface area (Å²) in [6, 6.07) is 9.66. The lowest BCUT2D eigenvalue weighted by Gasteiger charge is -2.29.